The minimum atomic E-state index is -2.02. The van der Waals surface area contributed by atoms with Gasteiger partial charge in [-0.3, -0.25) is 0 Å². The van der Waals surface area contributed by atoms with Crippen molar-refractivity contribution in [3.63, 3.8) is 0 Å². The van der Waals surface area contributed by atoms with Gasteiger partial charge in [0.15, 0.2) is 0 Å². The number of nitriles is 1. The van der Waals surface area contributed by atoms with Crippen molar-refractivity contribution in [3.8, 4) is 11.8 Å². The molecule has 0 fully saturated rings. The molecular weight excluding hydrogens is 862 g/mol. The predicted molar refractivity (Wildman–Crippen MR) is 303 cm³/mol. The average Bonchev–Trinajstić information content (AvgIpc) is 1.50. The zero-order chi connectivity index (χ0) is 72.3. The Morgan fingerprint density at radius 1 is 0.465 bits per heavy atom. The Kier molecular flexibility index (Phi) is 5.28. The van der Waals surface area contributed by atoms with Crippen LogP contribution in [0.1, 0.15) is 147 Å². The van der Waals surface area contributed by atoms with Gasteiger partial charge in [0.05, 0.1) is 75.4 Å². The van der Waals surface area contributed by atoms with E-state index in [4.69, 9.17) is 4.11 Å². The summed E-state index contributed by atoms with van der Waals surface area (Å²) in [6, 6.07) is -18.9. The van der Waals surface area contributed by atoms with Crippen LogP contribution in [0.3, 0.4) is 0 Å². The lowest BCUT2D eigenvalue weighted by Crippen LogP contribution is -2.61. The number of nitrogens with zero attached hydrogens (tertiary/aromatic N) is 5. The summed E-state index contributed by atoms with van der Waals surface area (Å²) < 4.78 is 258. The van der Waals surface area contributed by atoms with Crippen molar-refractivity contribution >= 4 is 96.1 Å². The van der Waals surface area contributed by atoms with Crippen LogP contribution in [0.25, 0.3) is 27.5 Å². The fourth-order valence-corrected chi connectivity index (χ4v) is 9.38. The Balaban J connectivity index is 1.39. The van der Waals surface area contributed by atoms with Crippen molar-refractivity contribution in [2.45, 2.75) is 105 Å². The molecular formula is C65H62BN5. The first kappa shape index (κ1) is 24.6. The van der Waals surface area contributed by atoms with Gasteiger partial charge >= 0.3 is 0 Å². The number of hydrogen-bond acceptors (Lipinski definition) is 4. The van der Waals surface area contributed by atoms with E-state index in [0.717, 1.165) is 4.90 Å². The molecule has 350 valence electrons. The summed E-state index contributed by atoms with van der Waals surface area (Å²) in [6.07, 6.45) is 0. The second-order valence-corrected chi connectivity index (χ2v) is 22.2. The van der Waals surface area contributed by atoms with Gasteiger partial charge in [0, 0.05) is 50.6 Å². The zero-order valence-electron chi connectivity index (χ0n) is 67.3. The lowest BCUT2D eigenvalue weighted by molar-refractivity contribution is 0.590. The quantitative estimate of drug-likeness (QED) is 0.165. The molecule has 6 heteroatoms. The molecule has 0 spiro atoms. The van der Waals surface area contributed by atoms with E-state index in [0.29, 0.717) is 4.90 Å². The van der Waals surface area contributed by atoms with Gasteiger partial charge in [0.1, 0.15) is 0 Å². The van der Waals surface area contributed by atoms with E-state index in [9.17, 15) is 36.8 Å². The maximum absolute atomic E-state index is 11.5. The van der Waals surface area contributed by atoms with Crippen LogP contribution in [0.15, 0.2) is 157 Å². The third kappa shape index (κ3) is 6.87. The number of fused-ring (bicyclic) bond motifs is 9. The number of hydrogen-bond donors (Lipinski definition) is 0. The molecule has 0 N–H and O–H groups in total. The molecule has 71 heavy (non-hydrogen) atoms. The minimum Gasteiger partial charge on any atom is -0.311 e. The second kappa shape index (κ2) is 15.3. The topological polar surface area (TPSA) is 38.4 Å². The molecule has 9 aromatic rings. The number of aromatic nitrogens is 1. The molecule has 0 radical (unpaired) electrons. The van der Waals surface area contributed by atoms with Crippen molar-refractivity contribution in [2.24, 2.45) is 0 Å². The summed E-state index contributed by atoms with van der Waals surface area (Å²) in [5.74, 6) is 0. The molecule has 4 heterocycles. The number of para-hydroxylation sites is 2. The minimum absolute atomic E-state index is 0.0191. The Hall–Kier alpha value is -7.49. The first-order valence-electron chi connectivity index (χ1n) is 36.3. The highest BCUT2D eigenvalue weighted by atomic mass is 15.2. The number of rotatable bonds is 4. The van der Waals surface area contributed by atoms with Crippen LogP contribution in [0.2, 0.25) is 0 Å². The Bertz CT molecular complexity index is 5110. The van der Waals surface area contributed by atoms with Crippen molar-refractivity contribution in [1.82, 2.24) is 4.57 Å². The highest BCUT2D eigenvalue weighted by molar-refractivity contribution is 7.00. The molecule has 0 aliphatic carbocycles. The van der Waals surface area contributed by atoms with Gasteiger partial charge in [0.2, 0.25) is 0 Å². The summed E-state index contributed by atoms with van der Waals surface area (Å²) in [5, 5.41) is 11.3. The van der Waals surface area contributed by atoms with E-state index < -0.39 is 241 Å². The van der Waals surface area contributed by atoms with Crippen LogP contribution in [-0.2, 0) is 21.7 Å². The largest absolute Gasteiger partial charge is 0.311 e. The molecule has 0 amide bonds. The van der Waals surface area contributed by atoms with E-state index >= 15 is 0 Å². The molecule has 1 aromatic heterocycles. The molecule has 0 atom stereocenters. The van der Waals surface area contributed by atoms with E-state index in [2.05, 4.69) is 0 Å². The summed E-state index contributed by atoms with van der Waals surface area (Å²) in [7, 11) is 0. The van der Waals surface area contributed by atoms with Crippen LogP contribution in [0.5, 0.6) is 0 Å². The first-order valence-corrected chi connectivity index (χ1v) is 23.3. The predicted octanol–water partition coefficient (Wildman–Crippen LogP) is 15.7. The monoisotopic (exact) mass is 950 g/mol. The molecule has 3 aliphatic heterocycles. The van der Waals surface area contributed by atoms with Crippen LogP contribution < -0.4 is 31.1 Å². The van der Waals surface area contributed by atoms with E-state index in [1.165, 1.54) is 9.47 Å². The maximum atomic E-state index is 11.5. The molecule has 0 unspecified atom stereocenters. The van der Waals surface area contributed by atoms with Gasteiger partial charge in [-0.1, -0.05) is 150 Å². The summed E-state index contributed by atoms with van der Waals surface area (Å²) >= 11 is 0. The van der Waals surface area contributed by atoms with Crippen LogP contribution in [0.4, 0.5) is 51.2 Å². The van der Waals surface area contributed by atoms with E-state index in [1.807, 2.05) is 6.07 Å². The molecule has 5 nitrogen and oxygen atoms in total. The van der Waals surface area contributed by atoms with E-state index in [-0.39, 0.29) is 67.5 Å². The fourth-order valence-electron chi connectivity index (χ4n) is 9.38. The highest BCUT2D eigenvalue weighted by Gasteiger charge is 2.47. The third-order valence-electron chi connectivity index (χ3n) is 13.0. The van der Waals surface area contributed by atoms with Gasteiger partial charge in [-0.25, -0.2) is 0 Å². The average molecular weight is 950 g/mol. The van der Waals surface area contributed by atoms with Gasteiger partial charge < -0.3 is 19.3 Å². The lowest BCUT2D eigenvalue weighted by atomic mass is 9.33. The Labute approximate surface area is 457 Å². The number of anilines is 9. The van der Waals surface area contributed by atoms with Crippen LogP contribution in [-0.4, -0.2) is 11.3 Å². The van der Waals surface area contributed by atoms with Crippen molar-refractivity contribution in [1.29, 1.82) is 5.26 Å². The fraction of sp³-hybridized carbons (Fsp3) is 0.246. The molecule has 12 rings (SSSR count). The molecule has 3 aliphatic rings. The molecule has 8 aromatic carbocycles. The van der Waals surface area contributed by atoms with Gasteiger partial charge in [-0.2, -0.15) is 5.26 Å². The molecule has 0 saturated heterocycles. The Morgan fingerprint density at radius 2 is 1.03 bits per heavy atom. The summed E-state index contributed by atoms with van der Waals surface area (Å²) in [6.45, 7) is 18.0. The van der Waals surface area contributed by atoms with Crippen molar-refractivity contribution in [2.75, 3.05) is 14.7 Å². The lowest BCUT2D eigenvalue weighted by Gasteiger charge is -2.46. The van der Waals surface area contributed by atoms with Gasteiger partial charge in [0.25, 0.3) is 6.71 Å². The van der Waals surface area contributed by atoms with E-state index in [1.54, 1.807) is 83.1 Å². The third-order valence-corrected chi connectivity index (χ3v) is 13.0. The number of benzene rings is 8. The molecule has 0 saturated carbocycles. The van der Waals surface area contributed by atoms with Crippen molar-refractivity contribution in [3.05, 3.63) is 185 Å². The second-order valence-electron chi connectivity index (χ2n) is 22.2. The zero-order valence-corrected chi connectivity index (χ0v) is 41.3. The SMILES string of the molecule is [2H]c1c([2H])c([2H])c(N2c3c([2H])c(N(c4c([2H])c([2H])c(C(C)(C)C)c([2H])c4[2H])c4c([2H])c([2H])c(C(C)(C)C)c([2H])c4[2H])c([2H])c([2H])c3B3c4c2c([2H])c(C#N)c([2H])c4N2c4c3c([2H])c([2H])c([2H])c4-n3c4c([2H])c([2H])c(C(C)(C)C)c([2H])c4c4c([2H])c(C(C)(C)C)c([2H])c2c43)c([2H])c1[2H]. The highest BCUT2D eigenvalue weighted by Crippen LogP contribution is 2.54. The van der Waals surface area contributed by atoms with Crippen LogP contribution >= 0.6 is 0 Å². The summed E-state index contributed by atoms with van der Waals surface area (Å²) in [5.41, 5.74) is -13.9. The standard InChI is InChI=1S/C65H62BN5/c1-62(2,3)41-21-26-46(27-22-41)68(47-28-23-42(24-29-47)63(4,5)6)48-30-31-51-55(38-48)69(45-17-14-13-15-18-45)56-33-40(39-67)34-57-59(56)66(51)52-19-16-20-54-61(52)71(57)58-37-44(65(10,11)12)36-50-49-35-43(64(7,8)9)25-32-53(49)70(54)60(50)58/h13-38H,1-12H3/i13D,14D,15D,16D,17D,18D,19D,20D,21D,22D,23D,24D,25D,26D,27D,28D,29D,30D,31D,32D,33D,34D,35D,36D,37D,38D. The summed E-state index contributed by atoms with van der Waals surface area (Å²) in [4.78, 5) is 2.62. The first-order chi connectivity index (χ1) is 44.6. The molecule has 0 bridgehead atoms. The normalized spacial score (nSPS) is 18.9. The maximum Gasteiger partial charge on any atom is 0.252 e. The van der Waals surface area contributed by atoms with Gasteiger partial charge in [-0.05, 0) is 151 Å². The van der Waals surface area contributed by atoms with Gasteiger partial charge in [-0.15, -0.1) is 0 Å². The Morgan fingerprint density at radius 3 is 1.62 bits per heavy atom. The smallest absolute Gasteiger partial charge is 0.252 e. The van der Waals surface area contributed by atoms with Crippen molar-refractivity contribution < 1.29 is 35.6 Å². The van der Waals surface area contributed by atoms with Crippen LogP contribution in [0, 0.1) is 11.3 Å².